The van der Waals surface area contributed by atoms with Crippen LogP contribution in [0.2, 0.25) is 0 Å². The largest absolute Gasteiger partial charge is 0.493 e. The van der Waals surface area contributed by atoms with E-state index in [1.807, 2.05) is 34.9 Å². The van der Waals surface area contributed by atoms with Crippen molar-refractivity contribution in [3.05, 3.63) is 46.8 Å². The quantitative estimate of drug-likeness (QED) is 0.919. The van der Waals surface area contributed by atoms with Crippen LogP contribution in [0.3, 0.4) is 0 Å². The van der Waals surface area contributed by atoms with Gasteiger partial charge in [-0.1, -0.05) is 13.8 Å². The maximum absolute atomic E-state index is 12.3. The van der Waals surface area contributed by atoms with Crippen LogP contribution in [0, 0.1) is 5.92 Å². The molecule has 0 amide bonds. The zero-order valence-corrected chi connectivity index (χ0v) is 13.1. The van der Waals surface area contributed by atoms with Crippen LogP contribution in [-0.2, 0) is 0 Å². The van der Waals surface area contributed by atoms with E-state index in [-0.39, 0.29) is 5.56 Å². The topological polar surface area (TPSA) is 57.2 Å². The highest BCUT2D eigenvalue weighted by atomic mass is 16.5. The summed E-state index contributed by atoms with van der Waals surface area (Å²) >= 11 is 0. The van der Waals surface area contributed by atoms with Gasteiger partial charge in [0.2, 0.25) is 0 Å². The van der Waals surface area contributed by atoms with Crippen molar-refractivity contribution in [2.75, 3.05) is 12.3 Å². The van der Waals surface area contributed by atoms with E-state index in [1.54, 1.807) is 6.07 Å². The summed E-state index contributed by atoms with van der Waals surface area (Å²) in [6.45, 7) is 4.95. The van der Waals surface area contributed by atoms with Gasteiger partial charge in [-0.25, -0.2) is 0 Å². The summed E-state index contributed by atoms with van der Waals surface area (Å²) in [6.07, 6.45) is 2.10. The summed E-state index contributed by atoms with van der Waals surface area (Å²) in [7, 11) is 0. The highest BCUT2D eigenvalue weighted by Gasteiger charge is 2.27. The maximum atomic E-state index is 12.3. The molecule has 1 heterocycles. The lowest BCUT2D eigenvalue weighted by Gasteiger charge is -2.14. The molecule has 1 aliphatic rings. The van der Waals surface area contributed by atoms with E-state index in [2.05, 4.69) is 13.8 Å². The molecule has 2 N–H and O–H groups in total. The average molecular weight is 298 g/mol. The molecule has 1 fully saturated rings. The molecule has 0 saturated heterocycles. The molecular weight excluding hydrogens is 276 g/mol. The van der Waals surface area contributed by atoms with Crippen LogP contribution >= 0.6 is 0 Å². The van der Waals surface area contributed by atoms with E-state index in [0.717, 1.165) is 29.8 Å². The van der Waals surface area contributed by atoms with E-state index in [9.17, 15) is 4.79 Å². The summed E-state index contributed by atoms with van der Waals surface area (Å²) in [5, 5.41) is 0. The van der Waals surface area contributed by atoms with Gasteiger partial charge in [-0.2, -0.15) is 0 Å². The molecule has 0 radical (unpaired) electrons. The molecule has 2 aromatic rings. The molecule has 1 aliphatic carbocycles. The van der Waals surface area contributed by atoms with Crippen LogP contribution in [0.15, 0.2) is 41.2 Å². The SMILES string of the molecule is CC(C)COc1ccc(-c2ccc(N)c(=O)n2C2CC2)cc1. The normalized spacial score (nSPS) is 14.3. The number of nitrogens with zero attached hydrogens (tertiary/aromatic N) is 1. The molecule has 0 unspecified atom stereocenters. The van der Waals surface area contributed by atoms with Crippen molar-refractivity contribution in [2.45, 2.75) is 32.7 Å². The molecule has 1 saturated carbocycles. The van der Waals surface area contributed by atoms with Crippen LogP contribution in [-0.4, -0.2) is 11.2 Å². The van der Waals surface area contributed by atoms with Crippen molar-refractivity contribution < 1.29 is 4.74 Å². The number of hydrogen-bond acceptors (Lipinski definition) is 3. The number of nitrogens with two attached hydrogens (primary N) is 1. The van der Waals surface area contributed by atoms with Crippen LogP contribution < -0.4 is 16.0 Å². The zero-order valence-electron chi connectivity index (χ0n) is 13.1. The van der Waals surface area contributed by atoms with E-state index >= 15 is 0 Å². The smallest absolute Gasteiger partial charge is 0.274 e. The lowest BCUT2D eigenvalue weighted by Crippen LogP contribution is -2.23. The predicted octanol–water partition coefficient (Wildman–Crippen LogP) is 3.47. The van der Waals surface area contributed by atoms with Crippen LogP contribution in [0.1, 0.15) is 32.7 Å². The van der Waals surface area contributed by atoms with E-state index < -0.39 is 0 Å². The third kappa shape index (κ3) is 3.01. The Kier molecular flexibility index (Phi) is 3.92. The van der Waals surface area contributed by atoms with Gasteiger partial charge >= 0.3 is 0 Å². The van der Waals surface area contributed by atoms with Crippen molar-refractivity contribution in [1.29, 1.82) is 0 Å². The molecule has 1 aromatic heterocycles. The molecule has 4 heteroatoms. The second-order valence-corrected chi connectivity index (χ2v) is 6.31. The van der Waals surface area contributed by atoms with Crippen LogP contribution in [0.4, 0.5) is 5.69 Å². The molecule has 3 rings (SSSR count). The van der Waals surface area contributed by atoms with Gasteiger partial charge < -0.3 is 15.0 Å². The number of rotatable bonds is 5. The molecule has 116 valence electrons. The third-order valence-electron chi connectivity index (χ3n) is 3.79. The summed E-state index contributed by atoms with van der Waals surface area (Å²) in [5.41, 5.74) is 7.94. The highest BCUT2D eigenvalue weighted by Crippen LogP contribution is 2.37. The van der Waals surface area contributed by atoms with Crippen molar-refractivity contribution in [1.82, 2.24) is 4.57 Å². The Bertz CT molecular complexity index is 713. The fourth-order valence-corrected chi connectivity index (χ4v) is 2.48. The van der Waals surface area contributed by atoms with Crippen molar-refractivity contribution >= 4 is 5.69 Å². The Labute approximate surface area is 130 Å². The lowest BCUT2D eigenvalue weighted by atomic mass is 10.1. The Balaban J connectivity index is 1.91. The van der Waals surface area contributed by atoms with Gasteiger partial charge in [0.25, 0.3) is 5.56 Å². The summed E-state index contributed by atoms with van der Waals surface area (Å²) in [4.78, 5) is 12.3. The van der Waals surface area contributed by atoms with E-state index in [0.29, 0.717) is 24.3 Å². The highest BCUT2D eigenvalue weighted by molar-refractivity contribution is 5.62. The number of nitrogen functional groups attached to an aromatic ring is 1. The first kappa shape index (κ1) is 14.7. The van der Waals surface area contributed by atoms with Crippen LogP contribution in [0.5, 0.6) is 5.75 Å². The number of pyridine rings is 1. The number of ether oxygens (including phenoxy) is 1. The lowest BCUT2D eigenvalue weighted by molar-refractivity contribution is 0.271. The standard InChI is InChI=1S/C18H22N2O2/c1-12(2)11-22-15-7-3-13(4-8-15)17-10-9-16(19)18(21)20(17)14-5-6-14/h3-4,7-10,12,14H,5-6,11,19H2,1-2H3. The Morgan fingerprint density at radius 3 is 2.45 bits per heavy atom. The van der Waals surface area contributed by atoms with Gasteiger partial charge in [0.1, 0.15) is 5.75 Å². The predicted molar refractivity (Wildman–Crippen MR) is 89.2 cm³/mol. The second-order valence-electron chi connectivity index (χ2n) is 6.31. The van der Waals surface area contributed by atoms with Crippen molar-refractivity contribution in [3.63, 3.8) is 0 Å². The van der Waals surface area contributed by atoms with Gasteiger partial charge in [0, 0.05) is 6.04 Å². The van der Waals surface area contributed by atoms with E-state index in [1.165, 1.54) is 0 Å². The Morgan fingerprint density at radius 2 is 1.86 bits per heavy atom. The first-order valence-electron chi connectivity index (χ1n) is 7.80. The minimum atomic E-state index is -0.0832. The van der Waals surface area contributed by atoms with Crippen molar-refractivity contribution in [3.8, 4) is 17.0 Å². The van der Waals surface area contributed by atoms with Gasteiger partial charge in [0.15, 0.2) is 0 Å². The molecular formula is C18H22N2O2. The molecule has 0 bridgehead atoms. The number of hydrogen-bond donors (Lipinski definition) is 1. The monoisotopic (exact) mass is 298 g/mol. The first-order chi connectivity index (χ1) is 10.6. The molecule has 0 spiro atoms. The number of anilines is 1. The minimum Gasteiger partial charge on any atom is -0.493 e. The summed E-state index contributed by atoms with van der Waals surface area (Å²) in [6, 6.07) is 11.8. The molecule has 0 atom stereocenters. The fourth-order valence-electron chi connectivity index (χ4n) is 2.48. The van der Waals surface area contributed by atoms with Gasteiger partial charge in [-0.15, -0.1) is 0 Å². The van der Waals surface area contributed by atoms with Gasteiger partial charge in [-0.3, -0.25) is 4.79 Å². The van der Waals surface area contributed by atoms with Crippen molar-refractivity contribution in [2.24, 2.45) is 5.92 Å². The van der Waals surface area contributed by atoms with Gasteiger partial charge in [0.05, 0.1) is 18.0 Å². The fraction of sp³-hybridized carbons (Fsp3) is 0.389. The second kappa shape index (κ2) is 5.87. The maximum Gasteiger partial charge on any atom is 0.274 e. The molecule has 22 heavy (non-hydrogen) atoms. The summed E-state index contributed by atoms with van der Waals surface area (Å²) in [5.74, 6) is 1.35. The minimum absolute atomic E-state index is 0.0832. The molecule has 0 aliphatic heterocycles. The first-order valence-corrected chi connectivity index (χ1v) is 7.80. The van der Waals surface area contributed by atoms with E-state index in [4.69, 9.17) is 10.5 Å². The summed E-state index contributed by atoms with van der Waals surface area (Å²) < 4.78 is 7.54. The molecule has 1 aromatic carbocycles. The third-order valence-corrected chi connectivity index (χ3v) is 3.79. The Morgan fingerprint density at radius 1 is 1.18 bits per heavy atom. The zero-order chi connectivity index (χ0) is 15.7. The van der Waals surface area contributed by atoms with Crippen LogP contribution in [0.25, 0.3) is 11.3 Å². The Hall–Kier alpha value is -2.23. The number of benzene rings is 1. The number of aromatic nitrogens is 1. The van der Waals surface area contributed by atoms with Gasteiger partial charge in [-0.05, 0) is 60.7 Å². The average Bonchev–Trinajstić information content (AvgIpc) is 3.33. The molecule has 4 nitrogen and oxygen atoms in total.